The normalized spacial score (nSPS) is 14.5. The first-order valence-electron chi connectivity index (χ1n) is 11.1. The van der Waals surface area contributed by atoms with E-state index in [-0.39, 0.29) is 24.7 Å². The number of allylic oxidation sites excluding steroid dienone is 1. The third-order valence-corrected chi connectivity index (χ3v) is 5.20. The van der Waals surface area contributed by atoms with Crippen molar-refractivity contribution in [1.29, 1.82) is 0 Å². The molecule has 4 rings (SSSR count). The number of anilines is 2. The number of pyridine rings is 1. The van der Waals surface area contributed by atoms with Gasteiger partial charge >= 0.3 is 12.1 Å². The number of benzene rings is 2. The number of fused-ring (bicyclic) bond motifs is 1. The minimum Gasteiger partial charge on any atom is -0.489 e. The number of alkyl halides is 3. The van der Waals surface area contributed by atoms with Crippen LogP contribution in [0.15, 0.2) is 78.5 Å². The Morgan fingerprint density at radius 3 is 2.58 bits per heavy atom. The average Bonchev–Trinajstić information content (AvgIpc) is 3.21. The Bertz CT molecular complexity index is 1240. The molecular formula is C26H24F3N3O4. The van der Waals surface area contributed by atoms with Gasteiger partial charge in [0.25, 0.3) is 0 Å². The van der Waals surface area contributed by atoms with Gasteiger partial charge in [-0.3, -0.25) is 0 Å². The number of nitrogens with zero attached hydrogens (tertiary/aromatic N) is 2. The second-order valence-corrected chi connectivity index (χ2v) is 8.19. The minimum atomic E-state index is -5.18. The van der Waals surface area contributed by atoms with E-state index in [1.54, 1.807) is 18.2 Å². The van der Waals surface area contributed by atoms with E-state index >= 15 is 0 Å². The van der Waals surface area contributed by atoms with Gasteiger partial charge in [0.15, 0.2) is 12.0 Å². The first kappa shape index (κ1) is 24.9. The van der Waals surface area contributed by atoms with Gasteiger partial charge in [-0.1, -0.05) is 35.9 Å². The van der Waals surface area contributed by atoms with Crippen LogP contribution in [0.3, 0.4) is 0 Å². The molecule has 10 heteroatoms. The van der Waals surface area contributed by atoms with Crippen LogP contribution in [0, 0.1) is 0 Å². The largest absolute Gasteiger partial charge is 0.493 e. The molecule has 1 unspecified atom stereocenters. The molecule has 0 amide bonds. The van der Waals surface area contributed by atoms with Crippen molar-refractivity contribution in [3.63, 3.8) is 0 Å². The number of ether oxygens (including phenoxy) is 2. The number of hydroxylamine groups is 1. The minimum absolute atomic E-state index is 0.172. The van der Waals surface area contributed by atoms with E-state index in [0.717, 1.165) is 16.2 Å². The van der Waals surface area contributed by atoms with Gasteiger partial charge in [-0.15, -0.1) is 0 Å². The first-order chi connectivity index (χ1) is 17.2. The lowest BCUT2D eigenvalue weighted by Gasteiger charge is -2.27. The maximum Gasteiger partial charge on any atom is 0.493 e. The summed E-state index contributed by atoms with van der Waals surface area (Å²) in [6.07, 6.45) is -2.89. The average molecular weight is 499 g/mol. The van der Waals surface area contributed by atoms with Gasteiger partial charge in [0.2, 0.25) is 0 Å². The molecule has 0 saturated carbocycles. The lowest BCUT2D eigenvalue weighted by Crippen LogP contribution is -2.37. The second kappa shape index (κ2) is 10.6. The molecule has 36 heavy (non-hydrogen) atoms. The summed E-state index contributed by atoms with van der Waals surface area (Å²) in [5.41, 5.74) is 2.55. The van der Waals surface area contributed by atoms with Crippen molar-refractivity contribution in [3.8, 4) is 11.5 Å². The lowest BCUT2D eigenvalue weighted by molar-refractivity contribution is -0.201. The molecule has 1 aliphatic rings. The summed E-state index contributed by atoms with van der Waals surface area (Å²) in [5, 5.41) is 3.87. The SMILES string of the molecule is CC(C)=CCOc1ccc(OCc2ccccc2)cc1C1Nc2ncccc2N1OC(=O)C(F)(F)F. The van der Waals surface area contributed by atoms with E-state index in [4.69, 9.17) is 14.3 Å². The third kappa shape index (κ3) is 5.88. The Morgan fingerprint density at radius 2 is 1.86 bits per heavy atom. The molecule has 0 spiro atoms. The molecule has 2 aromatic carbocycles. The summed E-state index contributed by atoms with van der Waals surface area (Å²) in [7, 11) is 0. The quantitative estimate of drug-likeness (QED) is 0.384. The Labute approximate surface area is 206 Å². The van der Waals surface area contributed by atoms with Crippen LogP contribution in [-0.4, -0.2) is 23.7 Å². The number of aromatic nitrogens is 1. The van der Waals surface area contributed by atoms with Crippen molar-refractivity contribution in [1.82, 2.24) is 4.98 Å². The van der Waals surface area contributed by atoms with Crippen molar-refractivity contribution in [2.75, 3.05) is 17.0 Å². The van der Waals surface area contributed by atoms with Crippen molar-refractivity contribution in [3.05, 3.63) is 89.6 Å². The maximum absolute atomic E-state index is 13.1. The predicted octanol–water partition coefficient (Wildman–Crippen LogP) is 5.96. The highest BCUT2D eigenvalue weighted by Gasteiger charge is 2.46. The summed E-state index contributed by atoms with van der Waals surface area (Å²) in [5.74, 6) is -1.27. The Balaban J connectivity index is 1.69. The van der Waals surface area contributed by atoms with Crippen LogP contribution in [0.4, 0.5) is 24.7 Å². The van der Waals surface area contributed by atoms with Gasteiger partial charge in [-0.2, -0.15) is 18.2 Å². The van der Waals surface area contributed by atoms with Crippen LogP contribution in [0.5, 0.6) is 11.5 Å². The van der Waals surface area contributed by atoms with Crippen LogP contribution in [0.2, 0.25) is 0 Å². The zero-order valence-corrected chi connectivity index (χ0v) is 19.6. The molecule has 1 aromatic heterocycles. The number of halogens is 3. The fourth-order valence-corrected chi connectivity index (χ4v) is 3.46. The second-order valence-electron chi connectivity index (χ2n) is 8.19. The summed E-state index contributed by atoms with van der Waals surface area (Å²) in [6, 6.07) is 17.5. The Morgan fingerprint density at radius 1 is 1.08 bits per heavy atom. The van der Waals surface area contributed by atoms with Gasteiger partial charge in [-0.05, 0) is 55.8 Å². The summed E-state index contributed by atoms with van der Waals surface area (Å²) < 4.78 is 51.0. The topological polar surface area (TPSA) is 72.9 Å². The monoisotopic (exact) mass is 499 g/mol. The van der Waals surface area contributed by atoms with Crippen LogP contribution < -0.4 is 19.9 Å². The molecule has 1 aliphatic heterocycles. The van der Waals surface area contributed by atoms with Crippen LogP contribution in [-0.2, 0) is 16.2 Å². The molecule has 1 atom stereocenters. The van der Waals surface area contributed by atoms with E-state index in [0.29, 0.717) is 17.1 Å². The van der Waals surface area contributed by atoms with Gasteiger partial charge < -0.3 is 19.6 Å². The van der Waals surface area contributed by atoms with Gasteiger partial charge in [0.05, 0.1) is 0 Å². The molecule has 0 saturated heterocycles. The smallest absolute Gasteiger partial charge is 0.489 e. The number of nitrogens with one attached hydrogen (secondary N) is 1. The third-order valence-electron chi connectivity index (χ3n) is 5.20. The molecule has 2 heterocycles. The molecule has 3 aromatic rings. The molecule has 0 bridgehead atoms. The molecular weight excluding hydrogens is 475 g/mol. The summed E-state index contributed by atoms with van der Waals surface area (Å²) >= 11 is 0. The first-order valence-corrected chi connectivity index (χ1v) is 11.1. The highest BCUT2D eigenvalue weighted by atomic mass is 19.4. The Kier molecular flexibility index (Phi) is 7.33. The van der Waals surface area contributed by atoms with E-state index in [1.165, 1.54) is 18.3 Å². The fraction of sp³-hybridized carbons (Fsp3) is 0.231. The molecule has 0 fully saturated rings. The Hall–Kier alpha value is -4.21. The standard InChI is InChI=1S/C26H24F3N3O4/c1-17(2)12-14-34-22-11-10-19(35-16-18-7-4-3-5-8-18)15-20(22)24-31-23-21(9-6-13-30-23)32(24)36-25(33)26(27,28)29/h3-13,15,24H,14,16H2,1-2H3,(H,30,31). The fourth-order valence-electron chi connectivity index (χ4n) is 3.46. The molecule has 7 nitrogen and oxygen atoms in total. The highest BCUT2D eigenvalue weighted by Crippen LogP contribution is 2.44. The van der Waals surface area contributed by atoms with E-state index < -0.39 is 18.3 Å². The van der Waals surface area contributed by atoms with Crippen LogP contribution in [0.25, 0.3) is 0 Å². The summed E-state index contributed by atoms with van der Waals surface area (Å²) in [4.78, 5) is 20.7. The van der Waals surface area contributed by atoms with E-state index in [9.17, 15) is 18.0 Å². The van der Waals surface area contributed by atoms with Crippen molar-refractivity contribution >= 4 is 17.5 Å². The zero-order valence-electron chi connectivity index (χ0n) is 19.6. The van der Waals surface area contributed by atoms with Crippen molar-refractivity contribution < 1.29 is 32.3 Å². The van der Waals surface area contributed by atoms with Gasteiger partial charge in [0, 0.05) is 11.8 Å². The number of hydrogen-bond donors (Lipinski definition) is 1. The number of rotatable bonds is 8. The maximum atomic E-state index is 13.1. The van der Waals surface area contributed by atoms with Crippen molar-refractivity contribution in [2.45, 2.75) is 32.8 Å². The molecule has 1 N–H and O–H groups in total. The number of hydrogen-bond acceptors (Lipinski definition) is 7. The summed E-state index contributed by atoms with van der Waals surface area (Å²) in [6.45, 7) is 4.36. The zero-order chi connectivity index (χ0) is 25.7. The van der Waals surface area contributed by atoms with E-state index in [2.05, 4.69) is 10.3 Å². The number of carbonyl (C=O) groups excluding carboxylic acids is 1. The predicted molar refractivity (Wildman–Crippen MR) is 127 cm³/mol. The highest BCUT2D eigenvalue weighted by molar-refractivity contribution is 5.80. The molecule has 188 valence electrons. The number of carbonyl (C=O) groups is 1. The van der Waals surface area contributed by atoms with E-state index in [1.807, 2.05) is 50.3 Å². The van der Waals surface area contributed by atoms with Gasteiger partial charge in [0.1, 0.15) is 30.4 Å². The van der Waals surface area contributed by atoms with Crippen LogP contribution >= 0.6 is 0 Å². The van der Waals surface area contributed by atoms with Gasteiger partial charge in [-0.25, -0.2) is 9.78 Å². The lowest BCUT2D eigenvalue weighted by atomic mass is 10.1. The van der Waals surface area contributed by atoms with Crippen molar-refractivity contribution in [2.24, 2.45) is 0 Å². The van der Waals surface area contributed by atoms with Crippen LogP contribution in [0.1, 0.15) is 31.1 Å². The molecule has 0 radical (unpaired) electrons. The molecule has 0 aliphatic carbocycles.